The van der Waals surface area contributed by atoms with Gasteiger partial charge in [0, 0.05) is 0 Å². The van der Waals surface area contributed by atoms with Crippen molar-refractivity contribution in [3.63, 3.8) is 0 Å². The highest BCUT2D eigenvalue weighted by Gasteiger charge is 1.86. The Hall–Kier alpha value is -0.600. The van der Waals surface area contributed by atoms with Crippen LogP contribution >= 0.6 is 0 Å². The van der Waals surface area contributed by atoms with Gasteiger partial charge in [-0.15, -0.1) is 0 Å². The first kappa shape index (κ1) is 7.51. The third-order valence-corrected chi connectivity index (χ3v) is 1.18. The van der Waals surface area contributed by atoms with Crippen LogP contribution in [0.3, 0.4) is 0 Å². The van der Waals surface area contributed by atoms with Gasteiger partial charge in [-0.05, 0) is 0 Å². The third kappa shape index (κ3) is 3.43. The van der Waals surface area contributed by atoms with Crippen molar-refractivity contribution < 1.29 is 9.47 Å². The number of allylic oxidation sites excluding steroid dienone is 2. The van der Waals surface area contributed by atoms with Crippen LogP contribution in [0.2, 0.25) is 0 Å². The summed E-state index contributed by atoms with van der Waals surface area (Å²) in [5, 5.41) is 0. The molecule has 2 heteroatoms. The lowest BCUT2D eigenvalue weighted by Gasteiger charge is -2.02. The highest BCUT2D eigenvalue weighted by atomic mass is 16.5. The molecule has 0 atom stereocenters. The van der Waals surface area contributed by atoms with Crippen molar-refractivity contribution in [2.45, 2.75) is 0 Å². The topological polar surface area (TPSA) is 18.5 Å². The Labute approximate surface area is 61.1 Å². The molecule has 0 saturated carbocycles. The number of ether oxygens (including phenoxy) is 2. The quantitative estimate of drug-likeness (QED) is 0.502. The van der Waals surface area contributed by atoms with E-state index in [1.807, 2.05) is 24.3 Å². The first-order chi connectivity index (χ1) is 5.00. The first-order valence-corrected chi connectivity index (χ1v) is 3.47. The standard InChI is InChI=1S/C8H12O2/c1-2-4-6-10-8-7-9-5-3-1/h1-4H,5-8H2. The molecule has 0 N–H and O–H groups in total. The lowest BCUT2D eigenvalue weighted by molar-refractivity contribution is 0.0704. The van der Waals surface area contributed by atoms with Crippen LogP contribution in [0.4, 0.5) is 0 Å². The zero-order valence-electron chi connectivity index (χ0n) is 5.95. The van der Waals surface area contributed by atoms with E-state index in [0.29, 0.717) is 26.4 Å². The molecule has 2 nitrogen and oxygen atoms in total. The fourth-order valence-electron chi connectivity index (χ4n) is 0.689. The second kappa shape index (κ2) is 5.21. The molecule has 0 fully saturated rings. The minimum absolute atomic E-state index is 0.688. The average molecular weight is 140 g/mol. The molecule has 0 bridgehead atoms. The molecule has 56 valence electrons. The molecule has 0 spiro atoms. The fraction of sp³-hybridized carbons (Fsp3) is 0.500. The molecule has 0 aromatic heterocycles. The van der Waals surface area contributed by atoms with Crippen molar-refractivity contribution in [1.29, 1.82) is 0 Å². The maximum Gasteiger partial charge on any atom is 0.0704 e. The van der Waals surface area contributed by atoms with E-state index in [1.54, 1.807) is 0 Å². The number of rotatable bonds is 0. The average Bonchev–Trinajstić information content (AvgIpc) is 2.01. The van der Waals surface area contributed by atoms with Gasteiger partial charge in [0.15, 0.2) is 0 Å². The molecule has 1 rings (SSSR count). The minimum atomic E-state index is 0.688. The van der Waals surface area contributed by atoms with Crippen LogP contribution in [0.25, 0.3) is 0 Å². The largest absolute Gasteiger partial charge is 0.375 e. The molecule has 0 saturated heterocycles. The normalized spacial score (nSPS) is 20.8. The van der Waals surface area contributed by atoms with Gasteiger partial charge in [-0.2, -0.15) is 0 Å². The molecule has 0 amide bonds. The van der Waals surface area contributed by atoms with Gasteiger partial charge in [0.25, 0.3) is 0 Å². The fourth-order valence-corrected chi connectivity index (χ4v) is 0.689. The van der Waals surface area contributed by atoms with E-state index in [-0.39, 0.29) is 0 Å². The summed E-state index contributed by atoms with van der Waals surface area (Å²) < 4.78 is 10.3. The molecule has 0 unspecified atom stereocenters. The van der Waals surface area contributed by atoms with Gasteiger partial charge in [0.05, 0.1) is 26.4 Å². The third-order valence-electron chi connectivity index (χ3n) is 1.18. The molecule has 0 radical (unpaired) electrons. The van der Waals surface area contributed by atoms with Gasteiger partial charge in [-0.25, -0.2) is 0 Å². The summed E-state index contributed by atoms with van der Waals surface area (Å²) in [7, 11) is 0. The lowest BCUT2D eigenvalue weighted by Crippen LogP contribution is -2.04. The Morgan fingerprint density at radius 1 is 0.800 bits per heavy atom. The Morgan fingerprint density at radius 3 is 1.80 bits per heavy atom. The van der Waals surface area contributed by atoms with Crippen molar-refractivity contribution in [3.05, 3.63) is 24.3 Å². The van der Waals surface area contributed by atoms with Gasteiger partial charge >= 0.3 is 0 Å². The van der Waals surface area contributed by atoms with Crippen molar-refractivity contribution in [3.8, 4) is 0 Å². The first-order valence-electron chi connectivity index (χ1n) is 3.47. The van der Waals surface area contributed by atoms with Crippen LogP contribution < -0.4 is 0 Å². The van der Waals surface area contributed by atoms with Crippen LogP contribution in [-0.4, -0.2) is 26.4 Å². The summed E-state index contributed by atoms with van der Waals surface area (Å²) in [5.74, 6) is 0. The number of hydrogen-bond donors (Lipinski definition) is 0. The summed E-state index contributed by atoms with van der Waals surface area (Å²) in [6, 6.07) is 0. The van der Waals surface area contributed by atoms with E-state index >= 15 is 0 Å². The van der Waals surface area contributed by atoms with E-state index in [9.17, 15) is 0 Å². The van der Waals surface area contributed by atoms with E-state index in [1.165, 1.54) is 0 Å². The zero-order valence-corrected chi connectivity index (χ0v) is 5.95. The van der Waals surface area contributed by atoms with Gasteiger partial charge in [0.2, 0.25) is 0 Å². The second-order valence-corrected chi connectivity index (χ2v) is 2.01. The predicted molar refractivity (Wildman–Crippen MR) is 39.9 cm³/mol. The summed E-state index contributed by atoms with van der Waals surface area (Å²) >= 11 is 0. The molecule has 0 aromatic rings. The maximum absolute atomic E-state index is 5.16. The lowest BCUT2D eigenvalue weighted by atomic mass is 10.4. The Kier molecular flexibility index (Phi) is 3.91. The zero-order chi connectivity index (χ0) is 7.07. The summed E-state index contributed by atoms with van der Waals surface area (Å²) in [5.41, 5.74) is 0. The molecule has 1 aliphatic heterocycles. The predicted octanol–water partition coefficient (Wildman–Crippen LogP) is 1.15. The van der Waals surface area contributed by atoms with Gasteiger partial charge in [-0.3, -0.25) is 0 Å². The Bertz CT molecular complexity index is 111. The van der Waals surface area contributed by atoms with Crippen LogP contribution in [0.15, 0.2) is 24.3 Å². The smallest absolute Gasteiger partial charge is 0.0704 e. The highest BCUT2D eigenvalue weighted by molar-refractivity contribution is 5.02. The highest BCUT2D eigenvalue weighted by Crippen LogP contribution is 1.86. The van der Waals surface area contributed by atoms with Gasteiger partial charge < -0.3 is 9.47 Å². The van der Waals surface area contributed by atoms with E-state index in [0.717, 1.165) is 0 Å². The van der Waals surface area contributed by atoms with Crippen molar-refractivity contribution in [1.82, 2.24) is 0 Å². The molecular weight excluding hydrogens is 128 g/mol. The SMILES string of the molecule is C1=CCOCCOCC=C1. The van der Waals surface area contributed by atoms with E-state index < -0.39 is 0 Å². The Balaban J connectivity index is 2.26. The number of hydrogen-bond acceptors (Lipinski definition) is 2. The van der Waals surface area contributed by atoms with Gasteiger partial charge in [0.1, 0.15) is 0 Å². The van der Waals surface area contributed by atoms with Crippen molar-refractivity contribution in [2.75, 3.05) is 26.4 Å². The Morgan fingerprint density at radius 2 is 1.30 bits per heavy atom. The molecule has 1 heterocycles. The van der Waals surface area contributed by atoms with E-state index in [2.05, 4.69) is 0 Å². The summed E-state index contributed by atoms with van der Waals surface area (Å²) in [6.45, 7) is 2.76. The molecule has 1 aliphatic rings. The van der Waals surface area contributed by atoms with Crippen molar-refractivity contribution >= 4 is 0 Å². The summed E-state index contributed by atoms with van der Waals surface area (Å²) in [4.78, 5) is 0. The maximum atomic E-state index is 5.16. The van der Waals surface area contributed by atoms with E-state index in [4.69, 9.17) is 9.47 Å². The molecule has 0 aliphatic carbocycles. The second-order valence-electron chi connectivity index (χ2n) is 2.01. The van der Waals surface area contributed by atoms with Gasteiger partial charge in [-0.1, -0.05) is 24.3 Å². The van der Waals surface area contributed by atoms with Crippen LogP contribution in [0.5, 0.6) is 0 Å². The van der Waals surface area contributed by atoms with Crippen LogP contribution in [0, 0.1) is 0 Å². The van der Waals surface area contributed by atoms with Crippen LogP contribution in [-0.2, 0) is 9.47 Å². The van der Waals surface area contributed by atoms with Crippen LogP contribution in [0.1, 0.15) is 0 Å². The summed E-state index contributed by atoms with van der Waals surface area (Å²) in [6.07, 6.45) is 7.91. The molecular formula is C8H12O2. The molecule has 0 aromatic carbocycles. The molecule has 10 heavy (non-hydrogen) atoms. The minimum Gasteiger partial charge on any atom is -0.375 e. The van der Waals surface area contributed by atoms with Crippen molar-refractivity contribution in [2.24, 2.45) is 0 Å². The monoisotopic (exact) mass is 140 g/mol.